The number of nitro benzene ring substituents is 1. The van der Waals surface area contributed by atoms with Crippen molar-refractivity contribution < 1.29 is 9.66 Å². The fourth-order valence-corrected chi connectivity index (χ4v) is 2.89. The van der Waals surface area contributed by atoms with E-state index in [1.165, 1.54) is 32.0 Å². The van der Waals surface area contributed by atoms with Gasteiger partial charge in [0, 0.05) is 24.7 Å². The third kappa shape index (κ3) is 4.70. The standard InChI is InChI=1S/C16H24N2O3/c1-13-5-3-8-17(12-13)9-4-10-21-15-6-7-16(18(19)20)14(2)11-15/h6-7,11,13H,3-5,8-10,12H2,1-2H3. The molecule has 0 spiro atoms. The average molecular weight is 292 g/mol. The van der Waals surface area contributed by atoms with Crippen molar-refractivity contribution >= 4 is 5.69 Å². The Hall–Kier alpha value is -1.62. The minimum absolute atomic E-state index is 0.143. The topological polar surface area (TPSA) is 55.6 Å². The van der Waals surface area contributed by atoms with Gasteiger partial charge in [0.05, 0.1) is 11.5 Å². The Morgan fingerprint density at radius 3 is 2.95 bits per heavy atom. The summed E-state index contributed by atoms with van der Waals surface area (Å²) in [5, 5.41) is 10.8. The predicted molar refractivity (Wildman–Crippen MR) is 82.8 cm³/mol. The largest absolute Gasteiger partial charge is 0.494 e. The van der Waals surface area contributed by atoms with Crippen molar-refractivity contribution in [3.05, 3.63) is 33.9 Å². The number of nitrogens with zero attached hydrogens (tertiary/aromatic N) is 2. The third-order valence-electron chi connectivity index (χ3n) is 3.99. The van der Waals surface area contributed by atoms with Crippen molar-refractivity contribution in [2.45, 2.75) is 33.1 Å². The summed E-state index contributed by atoms with van der Waals surface area (Å²) in [4.78, 5) is 12.9. The van der Waals surface area contributed by atoms with Gasteiger partial charge in [-0.25, -0.2) is 0 Å². The SMILES string of the molecule is Cc1cc(OCCCN2CCCC(C)C2)ccc1[N+](=O)[O-]. The van der Waals surface area contributed by atoms with E-state index in [1.54, 1.807) is 19.1 Å². The predicted octanol–water partition coefficient (Wildman–Crippen LogP) is 3.40. The van der Waals surface area contributed by atoms with Crippen molar-refractivity contribution in [3.63, 3.8) is 0 Å². The van der Waals surface area contributed by atoms with Crippen LogP contribution in [-0.2, 0) is 0 Å². The van der Waals surface area contributed by atoms with Crippen LogP contribution in [-0.4, -0.2) is 36.1 Å². The highest BCUT2D eigenvalue weighted by Crippen LogP contribution is 2.23. The van der Waals surface area contributed by atoms with Gasteiger partial charge in [0.15, 0.2) is 0 Å². The Balaban J connectivity index is 1.73. The van der Waals surface area contributed by atoms with E-state index in [0.717, 1.165) is 18.9 Å². The van der Waals surface area contributed by atoms with Crippen molar-refractivity contribution in [2.24, 2.45) is 5.92 Å². The van der Waals surface area contributed by atoms with Crippen LogP contribution in [0.3, 0.4) is 0 Å². The summed E-state index contributed by atoms with van der Waals surface area (Å²) in [6, 6.07) is 4.92. The number of hydrogen-bond donors (Lipinski definition) is 0. The molecule has 0 saturated carbocycles. The molecule has 0 bridgehead atoms. The van der Waals surface area contributed by atoms with Gasteiger partial charge in [0.2, 0.25) is 0 Å². The molecular formula is C16H24N2O3. The van der Waals surface area contributed by atoms with Crippen LogP contribution in [0.4, 0.5) is 5.69 Å². The molecule has 5 nitrogen and oxygen atoms in total. The highest BCUT2D eigenvalue weighted by molar-refractivity contribution is 5.44. The van der Waals surface area contributed by atoms with Crippen LogP contribution >= 0.6 is 0 Å². The molecule has 0 N–H and O–H groups in total. The third-order valence-corrected chi connectivity index (χ3v) is 3.99. The van der Waals surface area contributed by atoms with Gasteiger partial charge >= 0.3 is 0 Å². The van der Waals surface area contributed by atoms with Gasteiger partial charge < -0.3 is 9.64 Å². The van der Waals surface area contributed by atoms with Crippen molar-refractivity contribution in [3.8, 4) is 5.75 Å². The molecule has 0 aromatic heterocycles. The van der Waals surface area contributed by atoms with Gasteiger partial charge in [-0.2, -0.15) is 0 Å². The van der Waals surface area contributed by atoms with Gasteiger partial charge in [-0.3, -0.25) is 10.1 Å². The number of ether oxygens (including phenoxy) is 1. The molecule has 1 aromatic carbocycles. The summed E-state index contributed by atoms with van der Waals surface area (Å²) in [5.74, 6) is 1.52. The van der Waals surface area contributed by atoms with E-state index in [-0.39, 0.29) is 10.6 Å². The Kier molecular flexibility index (Phi) is 5.56. The first-order valence-electron chi connectivity index (χ1n) is 7.66. The number of hydrogen-bond acceptors (Lipinski definition) is 4. The molecular weight excluding hydrogens is 268 g/mol. The first kappa shape index (κ1) is 15.8. The lowest BCUT2D eigenvalue weighted by atomic mass is 10.0. The van der Waals surface area contributed by atoms with Gasteiger partial charge in [-0.05, 0) is 50.8 Å². The van der Waals surface area contributed by atoms with Gasteiger partial charge in [-0.1, -0.05) is 6.92 Å². The van der Waals surface area contributed by atoms with E-state index in [4.69, 9.17) is 4.74 Å². The lowest BCUT2D eigenvalue weighted by Gasteiger charge is -2.30. The van der Waals surface area contributed by atoms with Crippen LogP contribution in [0.25, 0.3) is 0 Å². The summed E-state index contributed by atoms with van der Waals surface area (Å²) >= 11 is 0. The number of aryl methyl sites for hydroxylation is 1. The number of nitro groups is 1. The number of likely N-dealkylation sites (tertiary alicyclic amines) is 1. The first-order valence-corrected chi connectivity index (χ1v) is 7.66. The van der Waals surface area contributed by atoms with E-state index in [2.05, 4.69) is 11.8 Å². The van der Waals surface area contributed by atoms with Crippen molar-refractivity contribution in [2.75, 3.05) is 26.2 Å². The lowest BCUT2D eigenvalue weighted by molar-refractivity contribution is -0.385. The fourth-order valence-electron chi connectivity index (χ4n) is 2.89. The molecule has 5 heteroatoms. The number of piperidine rings is 1. The second-order valence-electron chi connectivity index (χ2n) is 5.96. The maximum Gasteiger partial charge on any atom is 0.272 e. The lowest BCUT2D eigenvalue weighted by Crippen LogP contribution is -2.35. The summed E-state index contributed by atoms with van der Waals surface area (Å²) in [6.07, 6.45) is 3.63. The van der Waals surface area contributed by atoms with Crippen LogP contribution in [0, 0.1) is 23.0 Å². The minimum atomic E-state index is -0.364. The quantitative estimate of drug-likeness (QED) is 0.458. The Labute approximate surface area is 126 Å². The summed E-state index contributed by atoms with van der Waals surface area (Å²) in [5.41, 5.74) is 0.784. The Morgan fingerprint density at radius 1 is 1.48 bits per heavy atom. The van der Waals surface area contributed by atoms with Crippen LogP contribution in [0.2, 0.25) is 0 Å². The highest BCUT2D eigenvalue weighted by atomic mass is 16.6. The van der Waals surface area contributed by atoms with Crippen molar-refractivity contribution in [1.29, 1.82) is 0 Å². The zero-order valence-electron chi connectivity index (χ0n) is 12.9. The zero-order chi connectivity index (χ0) is 15.2. The molecule has 1 fully saturated rings. The number of rotatable bonds is 6. The molecule has 1 saturated heterocycles. The second-order valence-corrected chi connectivity index (χ2v) is 5.96. The summed E-state index contributed by atoms with van der Waals surface area (Å²) < 4.78 is 5.69. The molecule has 2 rings (SSSR count). The first-order chi connectivity index (χ1) is 10.1. The molecule has 1 aromatic rings. The highest BCUT2D eigenvalue weighted by Gasteiger charge is 2.15. The molecule has 21 heavy (non-hydrogen) atoms. The summed E-state index contributed by atoms with van der Waals surface area (Å²) in [7, 11) is 0. The molecule has 116 valence electrons. The molecule has 0 radical (unpaired) electrons. The van der Waals surface area contributed by atoms with E-state index in [0.29, 0.717) is 17.9 Å². The maximum absolute atomic E-state index is 10.8. The van der Waals surface area contributed by atoms with E-state index < -0.39 is 0 Å². The molecule has 0 aliphatic carbocycles. The Morgan fingerprint density at radius 2 is 2.29 bits per heavy atom. The zero-order valence-corrected chi connectivity index (χ0v) is 12.9. The number of benzene rings is 1. The van der Waals surface area contributed by atoms with Gasteiger partial charge in [-0.15, -0.1) is 0 Å². The minimum Gasteiger partial charge on any atom is -0.494 e. The van der Waals surface area contributed by atoms with E-state index in [9.17, 15) is 10.1 Å². The molecule has 1 unspecified atom stereocenters. The molecule has 1 aliphatic rings. The molecule has 0 amide bonds. The molecule has 1 atom stereocenters. The van der Waals surface area contributed by atoms with E-state index >= 15 is 0 Å². The van der Waals surface area contributed by atoms with E-state index in [1.807, 2.05) is 0 Å². The van der Waals surface area contributed by atoms with Gasteiger partial charge in [0.25, 0.3) is 5.69 Å². The molecule has 1 aliphatic heterocycles. The summed E-state index contributed by atoms with van der Waals surface area (Å²) in [6.45, 7) is 8.15. The molecule has 1 heterocycles. The van der Waals surface area contributed by atoms with Crippen LogP contribution in [0.1, 0.15) is 31.7 Å². The maximum atomic E-state index is 10.8. The fraction of sp³-hybridized carbons (Fsp3) is 0.625. The van der Waals surface area contributed by atoms with Crippen LogP contribution in [0.5, 0.6) is 5.75 Å². The van der Waals surface area contributed by atoms with Crippen molar-refractivity contribution in [1.82, 2.24) is 4.90 Å². The monoisotopic (exact) mass is 292 g/mol. The smallest absolute Gasteiger partial charge is 0.272 e. The average Bonchev–Trinajstić information content (AvgIpc) is 2.43. The Bertz CT molecular complexity index is 490. The normalized spacial score (nSPS) is 19.4. The van der Waals surface area contributed by atoms with Crippen LogP contribution in [0.15, 0.2) is 18.2 Å². The second kappa shape index (κ2) is 7.41. The van der Waals surface area contributed by atoms with Crippen LogP contribution < -0.4 is 4.74 Å². The van der Waals surface area contributed by atoms with Gasteiger partial charge in [0.1, 0.15) is 5.75 Å².